The first-order chi connectivity index (χ1) is 15.2. The Labute approximate surface area is 181 Å². The number of anilines is 1. The molecule has 9 nitrogen and oxygen atoms in total. The summed E-state index contributed by atoms with van der Waals surface area (Å²) in [5.41, 5.74) is 14.3. The number of nitrogens with zero attached hydrogens (tertiary/aromatic N) is 3. The Hall–Kier alpha value is -3.17. The van der Waals surface area contributed by atoms with Crippen molar-refractivity contribution in [3.05, 3.63) is 64.7 Å². The topological polar surface area (TPSA) is 103 Å². The van der Waals surface area contributed by atoms with E-state index < -0.39 is 6.10 Å². The summed E-state index contributed by atoms with van der Waals surface area (Å²) < 4.78 is 5.74. The molecule has 1 unspecified atom stereocenters. The maximum Gasteiger partial charge on any atom is 0.252 e. The Morgan fingerprint density at radius 1 is 1.26 bits per heavy atom. The second kappa shape index (κ2) is 8.52. The molecular weight excluding hydrogens is 394 g/mol. The molecule has 5 rings (SSSR count). The van der Waals surface area contributed by atoms with Crippen LogP contribution in [0.5, 0.6) is 0 Å². The predicted octanol–water partition coefficient (Wildman–Crippen LogP) is 1.15. The van der Waals surface area contributed by atoms with Crippen LogP contribution in [-0.4, -0.2) is 39.5 Å². The number of ether oxygens (including phenoxy) is 1. The van der Waals surface area contributed by atoms with Crippen LogP contribution >= 0.6 is 0 Å². The Morgan fingerprint density at radius 3 is 2.81 bits per heavy atom. The third-order valence-corrected chi connectivity index (χ3v) is 5.98. The van der Waals surface area contributed by atoms with E-state index in [1.54, 1.807) is 11.8 Å². The summed E-state index contributed by atoms with van der Waals surface area (Å²) in [4.78, 5) is 23.8. The van der Waals surface area contributed by atoms with Crippen LogP contribution in [0, 0.1) is 0 Å². The maximum absolute atomic E-state index is 12.8. The lowest BCUT2D eigenvalue weighted by Crippen LogP contribution is -2.36. The van der Waals surface area contributed by atoms with Crippen LogP contribution in [0.25, 0.3) is 0 Å². The summed E-state index contributed by atoms with van der Waals surface area (Å²) in [5, 5.41) is 3.47. The molecule has 31 heavy (non-hydrogen) atoms. The van der Waals surface area contributed by atoms with Crippen LogP contribution in [0.3, 0.4) is 0 Å². The zero-order chi connectivity index (χ0) is 21.2. The van der Waals surface area contributed by atoms with Gasteiger partial charge in [-0.2, -0.15) is 5.53 Å². The molecule has 3 aliphatic rings. The number of hydrogen-bond donors (Lipinski definition) is 4. The van der Waals surface area contributed by atoms with Crippen LogP contribution in [0.1, 0.15) is 35.7 Å². The first kappa shape index (κ1) is 19.8. The van der Waals surface area contributed by atoms with Gasteiger partial charge in [0, 0.05) is 42.7 Å². The third-order valence-electron chi connectivity index (χ3n) is 5.98. The van der Waals surface area contributed by atoms with Gasteiger partial charge in [0.05, 0.1) is 18.8 Å². The molecule has 3 heterocycles. The van der Waals surface area contributed by atoms with Crippen molar-refractivity contribution in [2.45, 2.75) is 51.4 Å². The summed E-state index contributed by atoms with van der Waals surface area (Å²) in [5.74, 6) is 0.609. The monoisotopic (exact) mass is 421 g/mol. The molecule has 2 aliphatic heterocycles. The highest BCUT2D eigenvalue weighted by atomic mass is 16.5. The number of carbonyl (C=O) groups excluding carboxylic acids is 1. The minimum atomic E-state index is -0.500. The van der Waals surface area contributed by atoms with E-state index in [0.717, 1.165) is 29.8 Å². The molecular formula is C22H27N7O2. The summed E-state index contributed by atoms with van der Waals surface area (Å²) in [6.07, 6.45) is 5.83. The van der Waals surface area contributed by atoms with Gasteiger partial charge in [0.1, 0.15) is 6.10 Å². The van der Waals surface area contributed by atoms with Gasteiger partial charge in [0.15, 0.2) is 0 Å². The smallest absolute Gasteiger partial charge is 0.252 e. The van der Waals surface area contributed by atoms with E-state index in [9.17, 15) is 4.79 Å². The number of carbonyl (C=O) groups is 1. The summed E-state index contributed by atoms with van der Waals surface area (Å²) in [6.45, 7) is 3.28. The lowest BCUT2D eigenvalue weighted by Gasteiger charge is -2.20. The molecule has 1 atom stereocenters. The molecule has 0 radical (unpaired) electrons. The molecule has 0 saturated heterocycles. The minimum Gasteiger partial charge on any atom is -0.368 e. The quantitative estimate of drug-likeness (QED) is 0.528. The highest BCUT2D eigenvalue weighted by Gasteiger charge is 2.29. The lowest BCUT2D eigenvalue weighted by molar-refractivity contribution is -0.143. The minimum absolute atomic E-state index is 0.0247. The highest BCUT2D eigenvalue weighted by Crippen LogP contribution is 2.26. The molecule has 0 spiro atoms. The van der Waals surface area contributed by atoms with Gasteiger partial charge in [0.25, 0.3) is 5.91 Å². The fraction of sp³-hybridized carbons (Fsp3) is 0.409. The van der Waals surface area contributed by atoms with Gasteiger partial charge < -0.3 is 25.8 Å². The Bertz CT molecular complexity index is 984. The Morgan fingerprint density at radius 2 is 2.06 bits per heavy atom. The average Bonchev–Trinajstić information content (AvgIpc) is 3.51. The van der Waals surface area contributed by atoms with Crippen molar-refractivity contribution in [3.63, 3.8) is 0 Å². The van der Waals surface area contributed by atoms with Gasteiger partial charge in [-0.15, -0.1) is 0 Å². The van der Waals surface area contributed by atoms with Crippen molar-refractivity contribution >= 4 is 11.9 Å². The van der Waals surface area contributed by atoms with Crippen molar-refractivity contribution in [1.82, 2.24) is 31.3 Å². The van der Waals surface area contributed by atoms with Crippen molar-refractivity contribution in [2.75, 3.05) is 11.9 Å². The number of benzene rings is 1. The van der Waals surface area contributed by atoms with Gasteiger partial charge in [-0.1, -0.05) is 24.3 Å². The van der Waals surface area contributed by atoms with Crippen molar-refractivity contribution in [3.8, 4) is 0 Å². The summed E-state index contributed by atoms with van der Waals surface area (Å²) >= 11 is 0. The Kier molecular flexibility index (Phi) is 5.44. The lowest BCUT2D eigenvalue weighted by atomic mass is 10.1. The molecule has 1 amide bonds. The molecule has 2 aromatic rings. The van der Waals surface area contributed by atoms with Crippen LogP contribution in [0.2, 0.25) is 0 Å². The van der Waals surface area contributed by atoms with Crippen molar-refractivity contribution < 1.29 is 9.53 Å². The number of hydrazine groups is 2. The van der Waals surface area contributed by atoms with Gasteiger partial charge in [-0.3, -0.25) is 4.79 Å². The molecule has 0 fully saturated rings. The first-order valence-electron chi connectivity index (χ1n) is 10.7. The number of amides is 1. The number of aromatic nitrogens is 2. The number of hydrogen-bond acceptors (Lipinski definition) is 8. The van der Waals surface area contributed by atoms with Gasteiger partial charge in [-0.25, -0.2) is 9.97 Å². The number of fused-ring (bicyclic) bond motifs is 2. The second-order valence-corrected chi connectivity index (χ2v) is 8.20. The van der Waals surface area contributed by atoms with Gasteiger partial charge in [-0.05, 0) is 30.9 Å². The normalized spacial score (nSPS) is 18.1. The molecule has 1 aromatic heterocycles. The predicted molar refractivity (Wildman–Crippen MR) is 115 cm³/mol. The van der Waals surface area contributed by atoms with Crippen LogP contribution in [0.15, 0.2) is 42.4 Å². The molecule has 9 heteroatoms. The van der Waals surface area contributed by atoms with E-state index in [1.807, 2.05) is 12.4 Å². The molecule has 1 aromatic carbocycles. The summed E-state index contributed by atoms with van der Waals surface area (Å²) in [6, 6.07) is 8.84. The van der Waals surface area contributed by atoms with Gasteiger partial charge >= 0.3 is 0 Å². The SMILES string of the molecule is CC(OCCC1=CNNN1)C(=O)N1Cc2cnc(NC3Cc4ccccc4C3)nc2C1. The van der Waals surface area contributed by atoms with Crippen molar-refractivity contribution in [2.24, 2.45) is 0 Å². The second-order valence-electron chi connectivity index (χ2n) is 8.20. The van der Waals surface area contributed by atoms with E-state index in [-0.39, 0.29) is 5.91 Å². The third kappa shape index (κ3) is 4.33. The van der Waals surface area contributed by atoms with E-state index in [0.29, 0.717) is 38.1 Å². The van der Waals surface area contributed by atoms with E-state index in [2.05, 4.69) is 51.0 Å². The number of nitrogens with one attached hydrogen (secondary N) is 4. The highest BCUT2D eigenvalue weighted by molar-refractivity contribution is 5.81. The molecule has 162 valence electrons. The van der Waals surface area contributed by atoms with E-state index >= 15 is 0 Å². The van der Waals surface area contributed by atoms with Crippen molar-refractivity contribution in [1.29, 1.82) is 0 Å². The fourth-order valence-electron chi connectivity index (χ4n) is 4.31. The number of rotatable bonds is 7. The fourth-order valence-corrected chi connectivity index (χ4v) is 4.31. The van der Waals surface area contributed by atoms with Crippen LogP contribution in [-0.2, 0) is 35.5 Å². The first-order valence-corrected chi connectivity index (χ1v) is 10.7. The summed E-state index contributed by atoms with van der Waals surface area (Å²) in [7, 11) is 0. The van der Waals surface area contributed by atoms with Crippen LogP contribution in [0.4, 0.5) is 5.95 Å². The van der Waals surface area contributed by atoms with Crippen LogP contribution < -0.4 is 21.7 Å². The standard InChI is InChI=1S/C22H27N7O2/c1-14(31-7-6-18-11-24-28-27-18)21(30)29-12-17-10-23-22(26-20(17)13-29)25-19-8-15-4-2-3-5-16(15)9-19/h2-5,10-11,14,19,24,27-28H,6-9,12-13H2,1H3,(H,23,25,26). The van der Waals surface area contributed by atoms with Gasteiger partial charge in [0.2, 0.25) is 5.95 Å². The average molecular weight is 422 g/mol. The Balaban J connectivity index is 1.14. The zero-order valence-electron chi connectivity index (χ0n) is 17.5. The molecule has 0 bridgehead atoms. The molecule has 4 N–H and O–H groups in total. The largest absolute Gasteiger partial charge is 0.368 e. The van der Waals surface area contributed by atoms with E-state index in [1.165, 1.54) is 11.1 Å². The molecule has 1 aliphatic carbocycles. The maximum atomic E-state index is 12.8. The van der Waals surface area contributed by atoms with E-state index in [4.69, 9.17) is 9.72 Å². The molecule has 0 saturated carbocycles. The zero-order valence-corrected chi connectivity index (χ0v) is 17.5.